The SMILES string of the molecule is COc1[c]c(-c2c(C)cnn2C)ccc1. The van der Waals surface area contributed by atoms with Crippen LogP contribution in [0.15, 0.2) is 24.4 Å². The summed E-state index contributed by atoms with van der Waals surface area (Å²) in [7, 11) is 3.57. The smallest absolute Gasteiger partial charge is 0.127 e. The number of aryl methyl sites for hydroxylation is 2. The number of hydrogen-bond acceptors (Lipinski definition) is 2. The number of nitrogens with zero attached hydrogens (tertiary/aromatic N) is 2. The van der Waals surface area contributed by atoms with Crippen LogP contribution in [0.1, 0.15) is 5.56 Å². The lowest BCUT2D eigenvalue weighted by Crippen LogP contribution is -1.95. The summed E-state index contributed by atoms with van der Waals surface area (Å²) in [5.41, 5.74) is 3.22. The first-order valence-electron chi connectivity index (χ1n) is 4.77. The minimum Gasteiger partial charge on any atom is -0.496 e. The Bertz CT molecular complexity index is 455. The summed E-state index contributed by atoms with van der Waals surface area (Å²) in [5, 5.41) is 4.20. The highest BCUT2D eigenvalue weighted by Crippen LogP contribution is 2.24. The van der Waals surface area contributed by atoms with E-state index in [1.807, 2.05) is 43.0 Å². The van der Waals surface area contributed by atoms with E-state index in [9.17, 15) is 0 Å². The summed E-state index contributed by atoms with van der Waals surface area (Å²) >= 11 is 0. The molecular formula is C12H13N2O. The monoisotopic (exact) mass is 201 g/mol. The van der Waals surface area contributed by atoms with Crippen molar-refractivity contribution in [2.45, 2.75) is 6.92 Å². The highest BCUT2D eigenvalue weighted by atomic mass is 16.5. The minimum atomic E-state index is 0.744. The molecule has 1 aromatic carbocycles. The molecule has 3 heteroatoms. The van der Waals surface area contributed by atoms with Crippen LogP contribution in [0.2, 0.25) is 0 Å². The molecule has 0 aliphatic heterocycles. The van der Waals surface area contributed by atoms with Gasteiger partial charge >= 0.3 is 0 Å². The maximum Gasteiger partial charge on any atom is 0.127 e. The van der Waals surface area contributed by atoms with E-state index in [-0.39, 0.29) is 0 Å². The normalized spacial score (nSPS) is 10.3. The molecular weight excluding hydrogens is 188 g/mol. The van der Waals surface area contributed by atoms with Gasteiger partial charge in [0.05, 0.1) is 19.0 Å². The standard InChI is InChI=1S/C12H13N2O/c1-9-8-13-14(2)12(9)10-5-4-6-11(7-10)15-3/h4-6,8H,1-3H3. The Morgan fingerprint density at radius 3 is 2.80 bits per heavy atom. The molecule has 0 atom stereocenters. The zero-order valence-electron chi connectivity index (χ0n) is 9.11. The van der Waals surface area contributed by atoms with Crippen molar-refractivity contribution in [1.82, 2.24) is 9.78 Å². The number of hydrogen-bond donors (Lipinski definition) is 0. The zero-order valence-corrected chi connectivity index (χ0v) is 9.11. The van der Waals surface area contributed by atoms with Gasteiger partial charge in [-0.2, -0.15) is 5.10 Å². The van der Waals surface area contributed by atoms with Crippen molar-refractivity contribution in [3.05, 3.63) is 36.0 Å². The van der Waals surface area contributed by atoms with Crippen molar-refractivity contribution in [2.75, 3.05) is 7.11 Å². The van der Waals surface area contributed by atoms with Gasteiger partial charge in [-0.15, -0.1) is 0 Å². The Labute approximate surface area is 89.3 Å². The van der Waals surface area contributed by atoms with Crippen molar-refractivity contribution >= 4 is 0 Å². The lowest BCUT2D eigenvalue weighted by Gasteiger charge is -2.05. The second-order valence-corrected chi connectivity index (χ2v) is 3.43. The second kappa shape index (κ2) is 3.77. The van der Waals surface area contributed by atoms with Crippen LogP contribution in [-0.4, -0.2) is 16.9 Å². The first kappa shape index (κ1) is 9.77. The molecule has 2 aromatic rings. The summed E-state index contributed by atoms with van der Waals surface area (Å²) in [6.45, 7) is 2.04. The molecule has 3 nitrogen and oxygen atoms in total. The van der Waals surface area contributed by atoms with Crippen LogP contribution >= 0.6 is 0 Å². The average molecular weight is 201 g/mol. The van der Waals surface area contributed by atoms with Crippen LogP contribution in [0.4, 0.5) is 0 Å². The van der Waals surface area contributed by atoms with E-state index in [4.69, 9.17) is 4.74 Å². The van der Waals surface area contributed by atoms with Crippen molar-refractivity contribution in [3.63, 3.8) is 0 Å². The van der Waals surface area contributed by atoms with Crippen molar-refractivity contribution < 1.29 is 4.74 Å². The van der Waals surface area contributed by atoms with Crippen LogP contribution in [0.25, 0.3) is 11.3 Å². The van der Waals surface area contributed by atoms with Gasteiger partial charge in [-0.05, 0) is 18.6 Å². The summed E-state index contributed by atoms with van der Waals surface area (Å²) in [6.07, 6.45) is 1.85. The van der Waals surface area contributed by atoms with Crippen LogP contribution in [0, 0.1) is 13.0 Å². The van der Waals surface area contributed by atoms with Crippen LogP contribution in [-0.2, 0) is 7.05 Å². The predicted molar refractivity (Wildman–Crippen MR) is 58.8 cm³/mol. The van der Waals surface area contributed by atoms with Crippen LogP contribution in [0.5, 0.6) is 5.75 Å². The molecule has 0 N–H and O–H groups in total. The quantitative estimate of drug-likeness (QED) is 0.744. The molecule has 0 amide bonds. The first-order valence-corrected chi connectivity index (χ1v) is 4.77. The number of rotatable bonds is 2. The molecule has 0 fully saturated rings. The van der Waals surface area contributed by atoms with Gasteiger partial charge in [0.2, 0.25) is 0 Å². The molecule has 1 heterocycles. The lowest BCUT2D eigenvalue weighted by atomic mass is 10.1. The Morgan fingerprint density at radius 1 is 1.40 bits per heavy atom. The summed E-state index contributed by atoms with van der Waals surface area (Å²) in [6, 6.07) is 9.04. The maximum absolute atomic E-state index is 5.15. The molecule has 0 aliphatic rings. The summed E-state index contributed by atoms with van der Waals surface area (Å²) in [5.74, 6) is 0.744. The minimum absolute atomic E-state index is 0.744. The fourth-order valence-electron chi connectivity index (χ4n) is 1.64. The van der Waals surface area contributed by atoms with Crippen LogP contribution < -0.4 is 4.74 Å². The Kier molecular flexibility index (Phi) is 2.46. The zero-order chi connectivity index (χ0) is 10.8. The Balaban J connectivity index is 2.53. The fraction of sp³-hybridized carbons (Fsp3) is 0.250. The lowest BCUT2D eigenvalue weighted by molar-refractivity contribution is 0.414. The largest absolute Gasteiger partial charge is 0.496 e. The Hall–Kier alpha value is -1.77. The number of methoxy groups -OCH3 is 1. The second-order valence-electron chi connectivity index (χ2n) is 3.43. The molecule has 0 unspecified atom stereocenters. The molecule has 0 saturated heterocycles. The highest BCUT2D eigenvalue weighted by molar-refractivity contribution is 5.63. The number of ether oxygens (including phenoxy) is 1. The van der Waals surface area contributed by atoms with Gasteiger partial charge in [0, 0.05) is 18.7 Å². The third kappa shape index (κ3) is 1.73. The topological polar surface area (TPSA) is 27.1 Å². The average Bonchev–Trinajstić information content (AvgIpc) is 2.59. The highest BCUT2D eigenvalue weighted by Gasteiger charge is 2.08. The molecule has 1 aromatic heterocycles. The van der Waals surface area contributed by atoms with Gasteiger partial charge in [0.15, 0.2) is 0 Å². The third-order valence-electron chi connectivity index (χ3n) is 2.37. The van der Waals surface area contributed by atoms with Gasteiger partial charge in [0.1, 0.15) is 5.75 Å². The first-order chi connectivity index (χ1) is 7.22. The van der Waals surface area contributed by atoms with E-state index >= 15 is 0 Å². The van der Waals surface area contributed by atoms with Crippen molar-refractivity contribution in [3.8, 4) is 17.0 Å². The fourth-order valence-corrected chi connectivity index (χ4v) is 1.64. The molecule has 2 rings (SSSR count). The molecule has 77 valence electrons. The van der Waals surface area contributed by atoms with Crippen LogP contribution in [0.3, 0.4) is 0 Å². The Morgan fingerprint density at radius 2 is 2.20 bits per heavy atom. The molecule has 0 aliphatic carbocycles. The van der Waals surface area contributed by atoms with Gasteiger partial charge < -0.3 is 4.74 Å². The van der Waals surface area contributed by atoms with Gasteiger partial charge in [-0.3, -0.25) is 4.68 Å². The summed E-state index contributed by atoms with van der Waals surface area (Å²) < 4.78 is 7.00. The number of aromatic nitrogens is 2. The molecule has 0 spiro atoms. The predicted octanol–water partition coefficient (Wildman–Crippen LogP) is 2.20. The van der Waals surface area contributed by atoms with E-state index < -0.39 is 0 Å². The van der Waals surface area contributed by atoms with E-state index in [0.717, 1.165) is 22.6 Å². The van der Waals surface area contributed by atoms with Crippen molar-refractivity contribution in [2.24, 2.45) is 7.05 Å². The van der Waals surface area contributed by atoms with Gasteiger partial charge in [-0.25, -0.2) is 0 Å². The molecule has 15 heavy (non-hydrogen) atoms. The number of benzene rings is 1. The van der Waals surface area contributed by atoms with E-state index in [1.54, 1.807) is 7.11 Å². The summed E-state index contributed by atoms with van der Waals surface area (Å²) in [4.78, 5) is 0. The van der Waals surface area contributed by atoms with E-state index in [1.165, 1.54) is 0 Å². The van der Waals surface area contributed by atoms with Gasteiger partial charge in [-0.1, -0.05) is 12.1 Å². The maximum atomic E-state index is 5.15. The van der Waals surface area contributed by atoms with E-state index in [0.29, 0.717) is 0 Å². The molecule has 0 bridgehead atoms. The molecule has 0 saturated carbocycles. The molecule has 1 radical (unpaired) electrons. The van der Waals surface area contributed by atoms with Gasteiger partial charge in [0.25, 0.3) is 0 Å². The van der Waals surface area contributed by atoms with E-state index in [2.05, 4.69) is 11.2 Å². The third-order valence-corrected chi connectivity index (χ3v) is 2.37. The van der Waals surface area contributed by atoms with Crippen molar-refractivity contribution in [1.29, 1.82) is 0 Å².